The number of hydrogen-bond donors (Lipinski definition) is 1. The minimum absolute atomic E-state index is 0.413. The van der Waals surface area contributed by atoms with Crippen LogP contribution in [-0.4, -0.2) is 28.5 Å². The van der Waals surface area contributed by atoms with Crippen LogP contribution in [0.3, 0.4) is 0 Å². The first-order valence-electron chi connectivity index (χ1n) is 7.74. The van der Waals surface area contributed by atoms with Gasteiger partial charge in [0, 0.05) is 16.8 Å². The molecule has 2 heterocycles. The lowest BCUT2D eigenvalue weighted by molar-refractivity contribution is 0.224. The summed E-state index contributed by atoms with van der Waals surface area (Å²) >= 11 is 1.43. The van der Waals surface area contributed by atoms with Gasteiger partial charge in [-0.15, -0.1) is 10.2 Å². The van der Waals surface area contributed by atoms with Crippen LogP contribution in [0.25, 0.3) is 11.3 Å². The second kappa shape index (κ2) is 6.60. The highest BCUT2D eigenvalue weighted by Gasteiger charge is 2.26. The molecule has 1 atom stereocenters. The van der Waals surface area contributed by atoms with Gasteiger partial charge in [-0.05, 0) is 24.5 Å². The van der Waals surface area contributed by atoms with Gasteiger partial charge in [0.25, 0.3) is 0 Å². The Hall–Kier alpha value is -2.80. The van der Waals surface area contributed by atoms with E-state index in [1.807, 2.05) is 54.8 Å². The summed E-state index contributed by atoms with van der Waals surface area (Å²) in [5.74, 6) is 1.23. The van der Waals surface area contributed by atoms with Gasteiger partial charge in [0.1, 0.15) is 5.75 Å². The first-order chi connectivity index (χ1) is 12.3. The van der Waals surface area contributed by atoms with Crippen LogP contribution in [0.1, 0.15) is 11.8 Å². The molecule has 126 valence electrons. The zero-order valence-corrected chi connectivity index (χ0v) is 14.6. The molecule has 1 aliphatic heterocycles. The molecule has 2 aromatic carbocycles. The second-order valence-corrected chi connectivity index (χ2v) is 6.19. The SMILES string of the molecule is COc1cccc(C2Nc3ccccc3-c3nnc(SC)nc3O2)c1. The van der Waals surface area contributed by atoms with Crippen LogP contribution < -0.4 is 14.8 Å². The van der Waals surface area contributed by atoms with Crippen molar-refractivity contribution in [3.8, 4) is 22.9 Å². The molecule has 7 heteroatoms. The predicted molar refractivity (Wildman–Crippen MR) is 97.0 cm³/mol. The summed E-state index contributed by atoms with van der Waals surface area (Å²) in [7, 11) is 1.65. The van der Waals surface area contributed by atoms with Gasteiger partial charge >= 0.3 is 0 Å². The van der Waals surface area contributed by atoms with Crippen LogP contribution in [0.4, 0.5) is 5.69 Å². The van der Waals surface area contributed by atoms with Crippen molar-refractivity contribution in [2.45, 2.75) is 11.4 Å². The topological polar surface area (TPSA) is 69.2 Å². The molecule has 1 unspecified atom stereocenters. The first-order valence-corrected chi connectivity index (χ1v) is 8.96. The van der Waals surface area contributed by atoms with Gasteiger partial charge in [0.15, 0.2) is 11.9 Å². The van der Waals surface area contributed by atoms with Gasteiger partial charge in [0.2, 0.25) is 11.0 Å². The van der Waals surface area contributed by atoms with E-state index in [4.69, 9.17) is 9.47 Å². The van der Waals surface area contributed by atoms with Gasteiger partial charge in [-0.3, -0.25) is 0 Å². The van der Waals surface area contributed by atoms with Crippen LogP contribution in [0.2, 0.25) is 0 Å². The average Bonchev–Trinajstić information content (AvgIpc) is 2.84. The standard InChI is InChI=1S/C18H16N4O2S/c1-23-12-7-5-6-11(10-12)16-19-14-9-4-3-8-13(14)15-17(24-16)20-18(25-2)22-21-15/h3-10,16,19H,1-2H3. The highest BCUT2D eigenvalue weighted by atomic mass is 32.2. The number of para-hydroxylation sites is 1. The third-order valence-electron chi connectivity index (χ3n) is 3.91. The predicted octanol–water partition coefficient (Wildman–Crippen LogP) is 3.77. The zero-order chi connectivity index (χ0) is 17.2. The van der Waals surface area contributed by atoms with Crippen LogP contribution in [0.15, 0.2) is 53.7 Å². The Kier molecular flexibility index (Phi) is 4.15. The number of nitrogens with zero attached hydrogens (tertiary/aromatic N) is 3. The normalized spacial score (nSPS) is 15.2. The lowest BCUT2D eigenvalue weighted by atomic mass is 10.1. The maximum Gasteiger partial charge on any atom is 0.247 e. The molecule has 0 aliphatic carbocycles. The molecule has 1 aliphatic rings. The molecule has 0 spiro atoms. The van der Waals surface area contributed by atoms with E-state index in [1.165, 1.54) is 11.8 Å². The fraction of sp³-hybridized carbons (Fsp3) is 0.167. The second-order valence-electron chi connectivity index (χ2n) is 5.42. The summed E-state index contributed by atoms with van der Waals surface area (Å²) < 4.78 is 11.5. The van der Waals surface area contributed by atoms with Crippen LogP contribution >= 0.6 is 11.8 Å². The molecular formula is C18H16N4O2S. The van der Waals surface area contributed by atoms with Crippen molar-refractivity contribution in [3.63, 3.8) is 0 Å². The van der Waals surface area contributed by atoms with E-state index in [-0.39, 0.29) is 0 Å². The number of rotatable bonds is 3. The fourth-order valence-electron chi connectivity index (χ4n) is 2.69. The van der Waals surface area contributed by atoms with Crippen LogP contribution in [0.5, 0.6) is 11.6 Å². The van der Waals surface area contributed by atoms with Crippen molar-refractivity contribution in [2.75, 3.05) is 18.7 Å². The minimum Gasteiger partial charge on any atom is -0.497 e. The molecular weight excluding hydrogens is 336 g/mol. The number of hydrogen-bond acceptors (Lipinski definition) is 7. The number of aromatic nitrogens is 3. The van der Waals surface area contributed by atoms with Crippen LogP contribution in [-0.2, 0) is 0 Å². The molecule has 0 saturated heterocycles. The fourth-order valence-corrected chi connectivity index (χ4v) is 2.99. The van der Waals surface area contributed by atoms with Crippen molar-refractivity contribution in [1.29, 1.82) is 0 Å². The highest BCUT2D eigenvalue weighted by Crippen LogP contribution is 2.39. The summed E-state index contributed by atoms with van der Waals surface area (Å²) in [6.07, 6.45) is 1.50. The Morgan fingerprint density at radius 2 is 2.00 bits per heavy atom. The van der Waals surface area contributed by atoms with Gasteiger partial charge in [-0.1, -0.05) is 42.1 Å². The molecule has 0 bridgehead atoms. The Morgan fingerprint density at radius 3 is 2.84 bits per heavy atom. The molecule has 0 saturated carbocycles. The largest absolute Gasteiger partial charge is 0.497 e. The third kappa shape index (κ3) is 2.98. The number of ether oxygens (including phenoxy) is 2. The van der Waals surface area contributed by atoms with Crippen molar-refractivity contribution in [3.05, 3.63) is 54.1 Å². The van der Waals surface area contributed by atoms with Gasteiger partial charge in [-0.25, -0.2) is 0 Å². The number of anilines is 1. The van der Waals surface area contributed by atoms with E-state index in [0.29, 0.717) is 16.7 Å². The van der Waals surface area contributed by atoms with Gasteiger partial charge < -0.3 is 14.8 Å². The summed E-state index contributed by atoms with van der Waals surface area (Å²) in [6.45, 7) is 0. The van der Waals surface area contributed by atoms with Crippen molar-refractivity contribution in [1.82, 2.24) is 15.2 Å². The van der Waals surface area contributed by atoms with Crippen molar-refractivity contribution in [2.24, 2.45) is 0 Å². The Labute approximate surface area is 149 Å². The first kappa shape index (κ1) is 15.7. The van der Waals surface area contributed by atoms with Crippen molar-refractivity contribution >= 4 is 17.4 Å². The Balaban J connectivity index is 1.84. The molecule has 3 aromatic rings. The molecule has 6 nitrogen and oxygen atoms in total. The lowest BCUT2D eigenvalue weighted by Gasteiger charge is -2.19. The highest BCUT2D eigenvalue weighted by molar-refractivity contribution is 7.98. The van der Waals surface area contributed by atoms with Crippen molar-refractivity contribution < 1.29 is 9.47 Å². The number of benzene rings is 2. The number of nitrogens with one attached hydrogen (secondary N) is 1. The smallest absolute Gasteiger partial charge is 0.247 e. The maximum absolute atomic E-state index is 6.17. The van der Waals surface area contributed by atoms with Crippen LogP contribution in [0, 0.1) is 0 Å². The molecule has 1 N–H and O–H groups in total. The molecule has 25 heavy (non-hydrogen) atoms. The van der Waals surface area contributed by atoms with E-state index in [0.717, 1.165) is 22.6 Å². The van der Waals surface area contributed by atoms with E-state index in [9.17, 15) is 0 Å². The van der Waals surface area contributed by atoms with E-state index < -0.39 is 6.23 Å². The summed E-state index contributed by atoms with van der Waals surface area (Å²) in [5, 5.41) is 12.5. The quantitative estimate of drug-likeness (QED) is 0.720. The number of methoxy groups -OCH3 is 1. The summed E-state index contributed by atoms with van der Waals surface area (Å²) in [4.78, 5) is 4.50. The summed E-state index contributed by atoms with van der Waals surface area (Å²) in [5.41, 5.74) is 3.40. The molecule has 0 fully saturated rings. The van der Waals surface area contributed by atoms with E-state index >= 15 is 0 Å². The number of fused-ring (bicyclic) bond motifs is 3. The molecule has 4 rings (SSSR count). The van der Waals surface area contributed by atoms with Gasteiger partial charge in [-0.2, -0.15) is 4.98 Å². The third-order valence-corrected chi connectivity index (χ3v) is 4.45. The Bertz CT molecular complexity index is 919. The lowest BCUT2D eigenvalue weighted by Crippen LogP contribution is -2.17. The maximum atomic E-state index is 6.17. The Morgan fingerprint density at radius 1 is 1.12 bits per heavy atom. The number of thioether (sulfide) groups is 1. The molecule has 0 amide bonds. The van der Waals surface area contributed by atoms with Gasteiger partial charge in [0.05, 0.1) is 7.11 Å². The van der Waals surface area contributed by atoms with E-state index in [1.54, 1.807) is 7.11 Å². The summed E-state index contributed by atoms with van der Waals surface area (Å²) in [6, 6.07) is 15.7. The average molecular weight is 352 g/mol. The van der Waals surface area contributed by atoms with E-state index in [2.05, 4.69) is 20.5 Å². The minimum atomic E-state index is -0.413. The molecule has 1 aromatic heterocycles. The monoisotopic (exact) mass is 352 g/mol. The zero-order valence-electron chi connectivity index (χ0n) is 13.8. The molecule has 0 radical (unpaired) electrons.